The van der Waals surface area contributed by atoms with Gasteiger partial charge in [-0.2, -0.15) is 78.0 Å². The SMILES string of the molecule is C[Si]CCC(F)(F)F.FC(F)(F)c1cc(-c2cccc3[cH-]c(CC4CCCC4)cc23)cc(C(F)(F)F)c1.FC(F)(F)c1cc(-c2cccc3[cH-]c(CC4CCCC4)cc23)cc(C(F)(F)F)c1.[Cl][Zr+2][Cl]. The maximum atomic E-state index is 13.2. The van der Waals surface area contributed by atoms with Crippen molar-refractivity contribution >= 4 is 48.1 Å². The summed E-state index contributed by atoms with van der Waals surface area (Å²) in [7, 11) is 10.3. The fourth-order valence-electron chi connectivity index (χ4n) is 8.92. The van der Waals surface area contributed by atoms with Crippen LogP contribution in [0, 0.1) is 11.8 Å². The van der Waals surface area contributed by atoms with E-state index in [1.54, 1.807) is 30.8 Å². The third kappa shape index (κ3) is 16.6. The molecule has 8 rings (SSSR count). The predicted molar refractivity (Wildman–Crippen MR) is 240 cm³/mol. The van der Waals surface area contributed by atoms with Crippen LogP contribution in [-0.2, 0) is 58.4 Å². The van der Waals surface area contributed by atoms with Gasteiger partial charge in [0, 0.05) is 15.9 Å². The van der Waals surface area contributed by atoms with E-state index < -0.39 is 80.4 Å². The summed E-state index contributed by atoms with van der Waals surface area (Å²) in [4.78, 5) is 0. The van der Waals surface area contributed by atoms with Crippen molar-refractivity contribution in [2.75, 3.05) is 0 Å². The van der Waals surface area contributed by atoms with Crippen molar-refractivity contribution in [1.82, 2.24) is 0 Å². The summed E-state index contributed by atoms with van der Waals surface area (Å²) in [6.45, 7) is 1.77. The molecule has 0 atom stereocenters. The van der Waals surface area contributed by atoms with Gasteiger partial charge >= 0.3 is 68.8 Å². The second-order valence-corrected chi connectivity index (χ2v) is 22.1. The van der Waals surface area contributed by atoms with Crippen molar-refractivity contribution in [3.8, 4) is 22.3 Å². The van der Waals surface area contributed by atoms with Crippen molar-refractivity contribution in [1.29, 1.82) is 0 Å². The second kappa shape index (κ2) is 24.0. The molecule has 0 bridgehead atoms. The number of hydrogen-bond acceptors (Lipinski definition) is 0. The fourth-order valence-corrected chi connectivity index (χ4v) is 9.45. The normalized spacial score (nSPS) is 15.0. The third-order valence-electron chi connectivity index (χ3n) is 12.1. The fraction of sp³-hybridized carbons (Fsp3) is 0.400. The van der Waals surface area contributed by atoms with E-state index >= 15 is 0 Å². The Morgan fingerprint density at radius 1 is 0.507 bits per heavy atom. The molecule has 2 radical (unpaired) electrons. The van der Waals surface area contributed by atoms with E-state index in [2.05, 4.69) is 0 Å². The predicted octanol–water partition coefficient (Wildman–Crippen LogP) is 19.5. The number of alkyl halides is 15. The van der Waals surface area contributed by atoms with E-state index in [9.17, 15) is 65.9 Å². The van der Waals surface area contributed by atoms with Crippen molar-refractivity contribution in [2.45, 2.75) is 114 Å². The van der Waals surface area contributed by atoms with Crippen molar-refractivity contribution < 1.29 is 86.7 Å². The monoisotopic (exact) mass is 1120 g/mol. The standard InChI is InChI=1S/2C23H19F6.C4H7F3Si.2ClH.Zr/c2*24-22(25,26)18-11-17(12-19(13-18)23(27,28)29)20-7-3-6-16-9-15(10-21(16)20)8-14-4-1-2-5-14;1-8-3-2-4(5,6)7;;;/h2*3,6-7,9-14H,1-2,4-5,8H2;2-3H2,1H3;2*1H;/q2*-1;;;;+4/p-2. The molecule has 0 N–H and O–H groups in total. The molecular weight excluding hydrogens is 1080 g/mol. The molecule has 0 aromatic heterocycles. The maximum absolute atomic E-state index is 13.2. The number of benzene rings is 4. The van der Waals surface area contributed by atoms with Crippen LogP contribution in [0.1, 0.15) is 91.2 Å². The first-order valence-corrected chi connectivity index (χ1v) is 29.9. The Morgan fingerprint density at radius 3 is 1.09 bits per heavy atom. The Hall–Kier alpha value is -3.27. The van der Waals surface area contributed by atoms with Gasteiger partial charge in [0.15, 0.2) is 0 Å². The zero-order valence-corrected chi connectivity index (χ0v) is 41.8. The van der Waals surface area contributed by atoms with Gasteiger partial charge in [-0.25, -0.2) is 0 Å². The van der Waals surface area contributed by atoms with E-state index in [1.165, 1.54) is 25.7 Å². The Bertz CT molecular complexity index is 2340. The topological polar surface area (TPSA) is 0 Å². The van der Waals surface area contributed by atoms with Crippen molar-refractivity contribution in [2.24, 2.45) is 11.8 Å². The summed E-state index contributed by atoms with van der Waals surface area (Å²) in [6.07, 6.45) is -12.7. The summed E-state index contributed by atoms with van der Waals surface area (Å²) in [5.41, 5.74) is -2.38. The number of halogens is 17. The molecule has 0 unspecified atom stereocenters. The van der Waals surface area contributed by atoms with E-state index in [4.69, 9.17) is 17.0 Å². The molecule has 6 aromatic carbocycles. The summed E-state index contributed by atoms with van der Waals surface area (Å²) in [6, 6.07) is 21.8. The van der Waals surface area contributed by atoms with Gasteiger partial charge in [-0.15, -0.1) is 69.1 Å². The van der Waals surface area contributed by atoms with Crippen LogP contribution in [0.2, 0.25) is 12.6 Å². The number of rotatable bonds is 8. The summed E-state index contributed by atoms with van der Waals surface area (Å²) < 4.78 is 192. The molecule has 0 aliphatic heterocycles. The van der Waals surface area contributed by atoms with Gasteiger partial charge in [0.25, 0.3) is 0 Å². The molecule has 0 amide bonds. The van der Waals surface area contributed by atoms with Crippen LogP contribution in [0.3, 0.4) is 0 Å². The zero-order chi connectivity index (χ0) is 51.0. The minimum absolute atomic E-state index is 0.0734. The van der Waals surface area contributed by atoms with Gasteiger partial charge in [-0.1, -0.05) is 87.2 Å². The number of hydrogen-bond donors (Lipinski definition) is 0. The molecule has 19 heteroatoms. The number of fused-ring (bicyclic) bond motifs is 2. The molecule has 6 aromatic rings. The van der Waals surface area contributed by atoms with Crippen molar-refractivity contribution in [3.05, 3.63) is 130 Å². The molecule has 372 valence electrons. The molecule has 2 fully saturated rings. The minimum atomic E-state index is -4.86. The molecule has 0 heterocycles. The molecule has 0 spiro atoms. The Labute approximate surface area is 411 Å². The average molecular weight is 1120 g/mol. The van der Waals surface area contributed by atoms with E-state index in [0.717, 1.165) is 84.7 Å². The Kier molecular flexibility index (Phi) is 19.7. The van der Waals surface area contributed by atoms with E-state index in [1.807, 2.05) is 36.4 Å². The van der Waals surface area contributed by atoms with E-state index in [0.29, 0.717) is 43.3 Å². The second-order valence-electron chi connectivity index (χ2n) is 17.2. The Morgan fingerprint density at radius 2 is 0.826 bits per heavy atom. The van der Waals surface area contributed by atoms with Crippen LogP contribution in [0.15, 0.2) is 97.1 Å². The summed E-state index contributed by atoms with van der Waals surface area (Å²) in [5.74, 6) is 1.20. The first kappa shape index (κ1) is 56.6. The van der Waals surface area contributed by atoms with Crippen LogP contribution in [0.4, 0.5) is 65.9 Å². The molecular formula is C50H45Cl2F15SiZr. The molecule has 0 nitrogen and oxygen atoms in total. The molecule has 2 aliphatic carbocycles. The molecule has 2 saturated carbocycles. The van der Waals surface area contributed by atoms with Crippen LogP contribution >= 0.6 is 17.0 Å². The van der Waals surface area contributed by atoms with Gasteiger partial charge in [0.05, 0.1) is 22.3 Å². The van der Waals surface area contributed by atoms with Gasteiger partial charge < -0.3 is 0 Å². The third-order valence-corrected chi connectivity index (χ3v) is 12.8. The van der Waals surface area contributed by atoms with Crippen molar-refractivity contribution in [3.63, 3.8) is 0 Å². The van der Waals surface area contributed by atoms with Crippen LogP contribution in [0.5, 0.6) is 0 Å². The zero-order valence-electron chi connectivity index (χ0n) is 36.8. The van der Waals surface area contributed by atoms with Gasteiger partial charge in [-0.05, 0) is 72.2 Å². The van der Waals surface area contributed by atoms with Gasteiger partial charge in [0.2, 0.25) is 0 Å². The van der Waals surface area contributed by atoms with Crippen LogP contribution in [-0.4, -0.2) is 15.7 Å². The first-order valence-electron chi connectivity index (χ1n) is 21.8. The molecule has 69 heavy (non-hydrogen) atoms. The summed E-state index contributed by atoms with van der Waals surface area (Å²) >= 11 is -0.826. The van der Waals surface area contributed by atoms with Crippen LogP contribution in [0.25, 0.3) is 43.8 Å². The average Bonchev–Trinajstić information content (AvgIpc) is 4.10. The first-order chi connectivity index (χ1) is 32.2. The molecule has 2 aliphatic rings. The van der Waals surface area contributed by atoms with Gasteiger partial charge in [0.1, 0.15) is 0 Å². The molecule has 0 saturated heterocycles. The summed E-state index contributed by atoms with van der Waals surface area (Å²) in [5, 5.41) is 3.05. The van der Waals surface area contributed by atoms with Crippen LogP contribution < -0.4 is 0 Å². The van der Waals surface area contributed by atoms with E-state index in [-0.39, 0.29) is 29.3 Å². The Balaban J connectivity index is 0.000000212. The quantitative estimate of drug-likeness (QED) is 0.0809. The van der Waals surface area contributed by atoms with Gasteiger partial charge in [-0.3, -0.25) is 0 Å².